The van der Waals surface area contributed by atoms with Crippen molar-refractivity contribution in [3.63, 3.8) is 0 Å². The Morgan fingerprint density at radius 3 is 3.05 bits per heavy atom. The minimum absolute atomic E-state index is 0.0930. The van der Waals surface area contributed by atoms with Crippen LogP contribution >= 0.6 is 0 Å². The molecule has 0 radical (unpaired) electrons. The Balaban J connectivity index is 1.68. The van der Waals surface area contributed by atoms with Gasteiger partial charge >= 0.3 is 0 Å². The zero-order valence-corrected chi connectivity index (χ0v) is 13.0. The molecule has 0 bridgehead atoms. The summed E-state index contributed by atoms with van der Waals surface area (Å²) in [6.07, 6.45) is 4.10. The highest BCUT2D eigenvalue weighted by Gasteiger charge is 2.20. The van der Waals surface area contributed by atoms with E-state index in [1.165, 1.54) is 25.9 Å². The van der Waals surface area contributed by atoms with E-state index in [2.05, 4.69) is 17.1 Å². The van der Waals surface area contributed by atoms with Gasteiger partial charge in [0.05, 0.1) is 0 Å². The van der Waals surface area contributed by atoms with Crippen LogP contribution < -0.4 is 11.1 Å². The quantitative estimate of drug-likeness (QED) is 0.811. The Morgan fingerprint density at radius 2 is 2.33 bits per heavy atom. The van der Waals surface area contributed by atoms with E-state index in [9.17, 15) is 4.79 Å². The van der Waals surface area contributed by atoms with Gasteiger partial charge in [-0.15, -0.1) is 0 Å². The number of hydrogen-bond acceptors (Lipinski definition) is 3. The second kappa shape index (κ2) is 8.15. The SMILES string of the molecule is CCC1CCN(CCCC(=O)Nc2cccc(CN)c2)C1. The Hall–Kier alpha value is -1.39. The van der Waals surface area contributed by atoms with Gasteiger partial charge in [0.15, 0.2) is 0 Å². The first-order valence-corrected chi connectivity index (χ1v) is 8.02. The molecular weight excluding hydrogens is 262 g/mol. The maximum absolute atomic E-state index is 11.9. The Labute approximate surface area is 127 Å². The molecule has 4 heteroatoms. The number of nitrogens with one attached hydrogen (secondary N) is 1. The van der Waals surface area contributed by atoms with Crippen molar-refractivity contribution in [2.75, 3.05) is 25.0 Å². The van der Waals surface area contributed by atoms with E-state index in [0.29, 0.717) is 13.0 Å². The van der Waals surface area contributed by atoms with Crippen molar-refractivity contribution in [1.82, 2.24) is 4.90 Å². The molecule has 1 aliphatic heterocycles. The molecule has 1 aromatic carbocycles. The van der Waals surface area contributed by atoms with Gasteiger partial charge in [0.2, 0.25) is 5.91 Å². The number of rotatable bonds is 7. The van der Waals surface area contributed by atoms with Gasteiger partial charge in [0.25, 0.3) is 0 Å². The Kier molecular flexibility index (Phi) is 6.21. The molecule has 3 N–H and O–H groups in total. The number of nitrogens with two attached hydrogens (primary N) is 1. The number of hydrogen-bond donors (Lipinski definition) is 2. The molecule has 1 unspecified atom stereocenters. The molecule has 1 atom stereocenters. The van der Waals surface area contributed by atoms with Crippen molar-refractivity contribution in [2.45, 2.75) is 39.2 Å². The van der Waals surface area contributed by atoms with Crippen LogP contribution in [-0.4, -0.2) is 30.4 Å². The van der Waals surface area contributed by atoms with Gasteiger partial charge in [0, 0.05) is 25.2 Å². The number of carbonyl (C=O) groups excluding carboxylic acids is 1. The lowest BCUT2D eigenvalue weighted by molar-refractivity contribution is -0.116. The summed E-state index contributed by atoms with van der Waals surface area (Å²) in [5.74, 6) is 0.952. The summed E-state index contributed by atoms with van der Waals surface area (Å²) >= 11 is 0. The summed E-state index contributed by atoms with van der Waals surface area (Å²) in [6, 6.07) is 7.73. The average molecular weight is 289 g/mol. The van der Waals surface area contributed by atoms with Crippen LogP contribution in [0.2, 0.25) is 0 Å². The molecule has 1 amide bonds. The normalized spacial score (nSPS) is 18.9. The van der Waals surface area contributed by atoms with Gasteiger partial charge in [-0.25, -0.2) is 0 Å². The fourth-order valence-corrected chi connectivity index (χ4v) is 2.91. The van der Waals surface area contributed by atoms with Crippen LogP contribution in [0, 0.1) is 5.92 Å². The fourth-order valence-electron chi connectivity index (χ4n) is 2.91. The van der Waals surface area contributed by atoms with Crippen molar-refractivity contribution in [3.05, 3.63) is 29.8 Å². The van der Waals surface area contributed by atoms with Crippen molar-refractivity contribution < 1.29 is 4.79 Å². The van der Waals surface area contributed by atoms with E-state index < -0.39 is 0 Å². The largest absolute Gasteiger partial charge is 0.326 e. The van der Waals surface area contributed by atoms with E-state index >= 15 is 0 Å². The summed E-state index contributed by atoms with van der Waals surface area (Å²) < 4.78 is 0. The number of amides is 1. The van der Waals surface area contributed by atoms with Crippen LogP contribution in [0.4, 0.5) is 5.69 Å². The average Bonchev–Trinajstić information content (AvgIpc) is 2.95. The lowest BCUT2D eigenvalue weighted by Crippen LogP contribution is -2.23. The maximum atomic E-state index is 11.9. The Bertz CT molecular complexity index is 461. The molecule has 21 heavy (non-hydrogen) atoms. The minimum atomic E-state index is 0.0930. The van der Waals surface area contributed by atoms with Crippen molar-refractivity contribution in [3.8, 4) is 0 Å². The molecule has 1 fully saturated rings. The third-order valence-corrected chi connectivity index (χ3v) is 4.27. The van der Waals surface area contributed by atoms with Crippen LogP contribution in [0.3, 0.4) is 0 Å². The van der Waals surface area contributed by atoms with Crippen molar-refractivity contribution >= 4 is 11.6 Å². The summed E-state index contributed by atoms with van der Waals surface area (Å²) in [7, 11) is 0. The first-order chi connectivity index (χ1) is 10.2. The minimum Gasteiger partial charge on any atom is -0.326 e. The van der Waals surface area contributed by atoms with Crippen LogP contribution in [0.25, 0.3) is 0 Å². The number of likely N-dealkylation sites (tertiary alicyclic amines) is 1. The first kappa shape index (κ1) is 16.0. The second-order valence-electron chi connectivity index (χ2n) is 5.92. The van der Waals surface area contributed by atoms with E-state index in [4.69, 9.17) is 5.73 Å². The standard InChI is InChI=1S/C17H27N3O/c1-2-14-8-10-20(13-14)9-4-7-17(21)19-16-6-3-5-15(11-16)12-18/h3,5-6,11,14H,2,4,7-10,12-13,18H2,1H3,(H,19,21). The molecule has 4 nitrogen and oxygen atoms in total. The van der Waals surface area contributed by atoms with Gasteiger partial charge in [0.1, 0.15) is 0 Å². The zero-order chi connectivity index (χ0) is 15.1. The van der Waals surface area contributed by atoms with E-state index in [0.717, 1.165) is 30.1 Å². The topological polar surface area (TPSA) is 58.4 Å². The van der Waals surface area contributed by atoms with E-state index in [1.807, 2.05) is 24.3 Å². The second-order valence-corrected chi connectivity index (χ2v) is 5.92. The highest BCUT2D eigenvalue weighted by Crippen LogP contribution is 2.19. The van der Waals surface area contributed by atoms with Gasteiger partial charge in [-0.1, -0.05) is 25.5 Å². The molecule has 1 aliphatic rings. The van der Waals surface area contributed by atoms with E-state index in [1.54, 1.807) is 0 Å². The number of carbonyl (C=O) groups is 1. The molecular formula is C17H27N3O. The highest BCUT2D eigenvalue weighted by atomic mass is 16.1. The summed E-state index contributed by atoms with van der Waals surface area (Å²) in [5, 5.41) is 2.95. The molecule has 0 aromatic heterocycles. The van der Waals surface area contributed by atoms with Crippen LogP contribution in [0.15, 0.2) is 24.3 Å². The molecule has 2 rings (SSSR count). The van der Waals surface area contributed by atoms with Crippen molar-refractivity contribution in [1.29, 1.82) is 0 Å². The first-order valence-electron chi connectivity index (χ1n) is 8.02. The monoisotopic (exact) mass is 289 g/mol. The van der Waals surface area contributed by atoms with Crippen molar-refractivity contribution in [2.24, 2.45) is 11.7 Å². The van der Waals surface area contributed by atoms with Gasteiger partial charge in [-0.2, -0.15) is 0 Å². The Morgan fingerprint density at radius 1 is 1.48 bits per heavy atom. The van der Waals surface area contributed by atoms with Gasteiger partial charge in [-0.3, -0.25) is 4.79 Å². The molecule has 0 spiro atoms. The lowest BCUT2D eigenvalue weighted by Gasteiger charge is -2.15. The molecule has 0 aliphatic carbocycles. The van der Waals surface area contributed by atoms with Crippen LogP contribution in [0.5, 0.6) is 0 Å². The number of anilines is 1. The third-order valence-electron chi connectivity index (χ3n) is 4.27. The molecule has 0 saturated carbocycles. The third kappa shape index (κ3) is 5.14. The van der Waals surface area contributed by atoms with Gasteiger partial charge < -0.3 is 16.0 Å². The number of nitrogens with zero attached hydrogens (tertiary/aromatic N) is 1. The summed E-state index contributed by atoms with van der Waals surface area (Å²) in [5.41, 5.74) is 7.48. The summed E-state index contributed by atoms with van der Waals surface area (Å²) in [6.45, 7) is 6.19. The smallest absolute Gasteiger partial charge is 0.224 e. The predicted octanol–water partition coefficient (Wildman–Crippen LogP) is 2.60. The molecule has 1 heterocycles. The fraction of sp³-hybridized carbons (Fsp3) is 0.588. The zero-order valence-electron chi connectivity index (χ0n) is 13.0. The highest BCUT2D eigenvalue weighted by molar-refractivity contribution is 5.90. The van der Waals surface area contributed by atoms with Crippen LogP contribution in [-0.2, 0) is 11.3 Å². The van der Waals surface area contributed by atoms with E-state index in [-0.39, 0.29) is 5.91 Å². The van der Waals surface area contributed by atoms with Gasteiger partial charge in [-0.05, 0) is 49.5 Å². The maximum Gasteiger partial charge on any atom is 0.224 e. The molecule has 116 valence electrons. The predicted molar refractivity (Wildman–Crippen MR) is 87.0 cm³/mol. The number of benzene rings is 1. The molecule has 1 saturated heterocycles. The summed E-state index contributed by atoms with van der Waals surface area (Å²) in [4.78, 5) is 14.4. The lowest BCUT2D eigenvalue weighted by atomic mass is 10.1. The van der Waals surface area contributed by atoms with Crippen LogP contribution in [0.1, 0.15) is 38.2 Å². The molecule has 1 aromatic rings.